The van der Waals surface area contributed by atoms with Gasteiger partial charge in [-0.1, -0.05) is 18.2 Å². The second kappa shape index (κ2) is 5.02. The van der Waals surface area contributed by atoms with Crippen LogP contribution in [-0.4, -0.2) is 37.3 Å². The molecule has 2 N–H and O–H groups in total. The van der Waals surface area contributed by atoms with Gasteiger partial charge in [0.1, 0.15) is 0 Å². The number of benzene rings is 1. The van der Waals surface area contributed by atoms with Crippen LogP contribution in [0.3, 0.4) is 0 Å². The molecule has 4 nitrogen and oxygen atoms in total. The zero-order chi connectivity index (χ0) is 15.1. The summed E-state index contributed by atoms with van der Waals surface area (Å²) >= 11 is 0. The second-order valence-electron chi connectivity index (χ2n) is 7.05. The zero-order valence-corrected chi connectivity index (χ0v) is 12.9. The minimum atomic E-state index is -0.861. The van der Waals surface area contributed by atoms with Crippen LogP contribution >= 0.6 is 0 Å². The molecule has 4 heteroatoms. The molecule has 2 heterocycles. The molecule has 0 radical (unpaired) electrons. The van der Waals surface area contributed by atoms with Gasteiger partial charge in [-0.05, 0) is 44.9 Å². The largest absolute Gasteiger partial charge is 0.481 e. The Morgan fingerprint density at radius 1 is 1.33 bits per heavy atom. The highest BCUT2D eigenvalue weighted by Gasteiger charge is 2.42. The van der Waals surface area contributed by atoms with Crippen molar-refractivity contribution in [1.82, 2.24) is 5.32 Å². The molecule has 2 aliphatic heterocycles. The van der Waals surface area contributed by atoms with Crippen molar-refractivity contribution in [3.8, 4) is 0 Å². The number of aliphatic carboxylic acids is 1. The van der Waals surface area contributed by atoms with Crippen LogP contribution in [0.25, 0.3) is 0 Å². The molecule has 1 aromatic carbocycles. The van der Waals surface area contributed by atoms with Gasteiger partial charge in [-0.25, -0.2) is 0 Å². The average Bonchev–Trinajstić information content (AvgIpc) is 3.09. The lowest BCUT2D eigenvalue weighted by atomic mass is 9.83. The molecular formula is C17H24N2O2. The van der Waals surface area contributed by atoms with Crippen molar-refractivity contribution >= 4 is 11.7 Å². The number of para-hydroxylation sites is 1. The third-order valence-corrected chi connectivity index (χ3v) is 5.22. The SMILES string of the molecule is CC(C)(C(=O)O)c1ccccc1N1CCC2(CCNC2)C1. The van der Waals surface area contributed by atoms with Gasteiger partial charge in [-0.3, -0.25) is 4.79 Å². The van der Waals surface area contributed by atoms with Crippen molar-refractivity contribution < 1.29 is 9.90 Å². The lowest BCUT2D eigenvalue weighted by Crippen LogP contribution is -2.33. The molecule has 2 saturated heterocycles. The van der Waals surface area contributed by atoms with Gasteiger partial charge in [-0.15, -0.1) is 0 Å². The molecule has 3 rings (SSSR count). The van der Waals surface area contributed by atoms with E-state index in [1.165, 1.54) is 12.8 Å². The molecule has 0 amide bonds. The van der Waals surface area contributed by atoms with Crippen LogP contribution in [0.2, 0.25) is 0 Å². The fourth-order valence-corrected chi connectivity index (χ4v) is 3.68. The van der Waals surface area contributed by atoms with Crippen LogP contribution in [0.4, 0.5) is 5.69 Å². The highest BCUT2D eigenvalue weighted by atomic mass is 16.4. The molecule has 1 unspecified atom stereocenters. The molecule has 21 heavy (non-hydrogen) atoms. The quantitative estimate of drug-likeness (QED) is 0.895. The second-order valence-corrected chi connectivity index (χ2v) is 7.05. The van der Waals surface area contributed by atoms with Crippen molar-refractivity contribution in [1.29, 1.82) is 0 Å². The summed E-state index contributed by atoms with van der Waals surface area (Å²) in [4.78, 5) is 14.0. The maximum Gasteiger partial charge on any atom is 0.313 e. The first kappa shape index (κ1) is 14.4. The predicted molar refractivity (Wildman–Crippen MR) is 83.9 cm³/mol. The molecule has 0 bridgehead atoms. The molecule has 114 valence electrons. The molecule has 1 aromatic rings. The number of carboxylic acid groups (broad SMARTS) is 1. The van der Waals surface area contributed by atoms with E-state index in [-0.39, 0.29) is 0 Å². The maximum atomic E-state index is 11.6. The standard InChI is InChI=1S/C17H24N2O2/c1-16(2,15(20)21)13-5-3-4-6-14(13)19-10-8-17(12-19)7-9-18-11-17/h3-6,18H,7-12H2,1-2H3,(H,20,21). The van der Waals surface area contributed by atoms with Crippen LogP contribution in [0.1, 0.15) is 32.3 Å². The van der Waals surface area contributed by atoms with E-state index in [1.54, 1.807) is 13.8 Å². The van der Waals surface area contributed by atoms with Crippen molar-refractivity contribution in [3.63, 3.8) is 0 Å². The van der Waals surface area contributed by atoms with E-state index in [1.807, 2.05) is 18.2 Å². The molecule has 1 spiro atoms. The minimum Gasteiger partial charge on any atom is -0.481 e. The van der Waals surface area contributed by atoms with Crippen molar-refractivity contribution in [2.75, 3.05) is 31.1 Å². The number of anilines is 1. The average molecular weight is 288 g/mol. The van der Waals surface area contributed by atoms with Crippen LogP contribution in [0.5, 0.6) is 0 Å². The summed E-state index contributed by atoms with van der Waals surface area (Å²) in [5.41, 5.74) is 1.54. The van der Waals surface area contributed by atoms with Crippen LogP contribution < -0.4 is 10.2 Å². The fourth-order valence-electron chi connectivity index (χ4n) is 3.68. The first-order valence-electron chi connectivity index (χ1n) is 7.73. The number of nitrogens with zero attached hydrogens (tertiary/aromatic N) is 1. The number of carbonyl (C=O) groups is 1. The van der Waals surface area contributed by atoms with Gasteiger partial charge < -0.3 is 15.3 Å². The lowest BCUT2D eigenvalue weighted by Gasteiger charge is -2.30. The van der Waals surface area contributed by atoms with E-state index in [9.17, 15) is 9.90 Å². The van der Waals surface area contributed by atoms with Gasteiger partial charge in [0.25, 0.3) is 0 Å². The highest BCUT2D eigenvalue weighted by Crippen LogP contribution is 2.41. The molecule has 1 atom stereocenters. The Labute approximate surface area is 126 Å². The van der Waals surface area contributed by atoms with E-state index in [4.69, 9.17) is 0 Å². The highest BCUT2D eigenvalue weighted by molar-refractivity contribution is 5.83. The molecule has 2 aliphatic rings. The molecule has 0 aliphatic carbocycles. The van der Waals surface area contributed by atoms with Gasteiger partial charge in [0.2, 0.25) is 0 Å². The van der Waals surface area contributed by atoms with E-state index in [0.29, 0.717) is 5.41 Å². The van der Waals surface area contributed by atoms with E-state index in [2.05, 4.69) is 16.3 Å². The Balaban J connectivity index is 1.92. The van der Waals surface area contributed by atoms with Gasteiger partial charge in [0.15, 0.2) is 0 Å². The fraction of sp³-hybridized carbons (Fsp3) is 0.588. The smallest absolute Gasteiger partial charge is 0.313 e. The predicted octanol–water partition coefficient (Wildman–Crippen LogP) is 2.24. The minimum absolute atomic E-state index is 0.389. The Bertz CT molecular complexity index is 547. The van der Waals surface area contributed by atoms with Gasteiger partial charge in [-0.2, -0.15) is 0 Å². The number of hydrogen-bond acceptors (Lipinski definition) is 3. The van der Waals surface area contributed by atoms with E-state index >= 15 is 0 Å². The van der Waals surface area contributed by atoms with Crippen molar-refractivity contribution in [2.45, 2.75) is 32.1 Å². The number of carboxylic acids is 1. The lowest BCUT2D eigenvalue weighted by molar-refractivity contribution is -0.142. The molecular weight excluding hydrogens is 264 g/mol. The number of nitrogens with one attached hydrogen (secondary N) is 1. The third kappa shape index (κ3) is 2.42. The zero-order valence-electron chi connectivity index (χ0n) is 12.9. The molecule has 0 saturated carbocycles. The Morgan fingerprint density at radius 3 is 2.76 bits per heavy atom. The van der Waals surface area contributed by atoms with E-state index in [0.717, 1.165) is 37.4 Å². The topological polar surface area (TPSA) is 52.6 Å². The van der Waals surface area contributed by atoms with E-state index < -0.39 is 11.4 Å². The summed E-state index contributed by atoms with van der Waals surface area (Å²) in [7, 11) is 0. The summed E-state index contributed by atoms with van der Waals surface area (Å²) in [6.45, 7) is 7.83. The third-order valence-electron chi connectivity index (χ3n) is 5.22. The van der Waals surface area contributed by atoms with Crippen LogP contribution in [0, 0.1) is 5.41 Å². The number of rotatable bonds is 3. The first-order valence-corrected chi connectivity index (χ1v) is 7.73. The molecule has 2 fully saturated rings. The molecule has 0 aromatic heterocycles. The van der Waals surface area contributed by atoms with Gasteiger partial charge in [0, 0.05) is 30.7 Å². The van der Waals surface area contributed by atoms with Crippen molar-refractivity contribution in [3.05, 3.63) is 29.8 Å². The summed E-state index contributed by atoms with van der Waals surface area (Å²) in [5.74, 6) is -0.772. The van der Waals surface area contributed by atoms with Crippen LogP contribution in [0.15, 0.2) is 24.3 Å². The Hall–Kier alpha value is -1.55. The summed E-state index contributed by atoms with van der Waals surface area (Å²) in [6, 6.07) is 7.98. The Kier molecular flexibility index (Phi) is 3.44. The first-order chi connectivity index (χ1) is 9.95. The van der Waals surface area contributed by atoms with Crippen LogP contribution in [-0.2, 0) is 10.2 Å². The van der Waals surface area contributed by atoms with Gasteiger partial charge >= 0.3 is 5.97 Å². The monoisotopic (exact) mass is 288 g/mol. The normalized spacial score (nSPS) is 25.7. The van der Waals surface area contributed by atoms with Gasteiger partial charge in [0.05, 0.1) is 5.41 Å². The number of hydrogen-bond donors (Lipinski definition) is 2. The van der Waals surface area contributed by atoms with Crippen molar-refractivity contribution in [2.24, 2.45) is 5.41 Å². The summed E-state index contributed by atoms with van der Waals surface area (Å²) in [5, 5.41) is 13.0. The summed E-state index contributed by atoms with van der Waals surface area (Å²) in [6.07, 6.45) is 2.43. The summed E-state index contributed by atoms with van der Waals surface area (Å²) < 4.78 is 0. The maximum absolute atomic E-state index is 11.6. The Morgan fingerprint density at radius 2 is 2.10 bits per heavy atom.